The van der Waals surface area contributed by atoms with E-state index in [0.717, 1.165) is 32.1 Å². The van der Waals surface area contributed by atoms with Crippen molar-refractivity contribution in [3.8, 4) is 0 Å². The molecular weight excluding hydrogens is 945 g/mol. The minimum absolute atomic E-state index is 0.0127. The van der Waals surface area contributed by atoms with E-state index in [1.54, 1.807) is 14.2 Å². The molecule has 2 saturated heterocycles. The Bertz CT molecular complexity index is 1320. The molecule has 0 bridgehead atoms. The fourth-order valence-corrected chi connectivity index (χ4v) is 10.3. The highest BCUT2D eigenvalue weighted by Gasteiger charge is 2.50. The number of methoxy groups -OCH3 is 4. The van der Waals surface area contributed by atoms with E-state index in [1.165, 1.54) is 97.7 Å². The summed E-state index contributed by atoms with van der Waals surface area (Å²) in [5.41, 5.74) is 0. The first-order valence-corrected chi connectivity index (χ1v) is 27.3. The summed E-state index contributed by atoms with van der Waals surface area (Å²) in [7, 11) is 6.17. The average molecular weight is 1050 g/mol. The first-order chi connectivity index (χ1) is 34.7. The number of hydrogen-bond donors (Lipinski definition) is 10. The molecule has 0 amide bonds. The van der Waals surface area contributed by atoms with Gasteiger partial charge >= 0.3 is 0 Å². The fraction of sp³-hybridized carbons (Fsp3) is 1.00. The molecular formula is C52H100O20. The van der Waals surface area contributed by atoms with Crippen LogP contribution in [-0.4, -0.2) is 229 Å². The molecule has 20 unspecified atom stereocenters. The minimum Gasteiger partial charge on any atom is -0.396 e. The van der Waals surface area contributed by atoms with Crippen LogP contribution in [-0.2, 0) is 47.4 Å². The molecule has 0 aromatic rings. The molecule has 0 radical (unpaired) electrons. The maximum absolute atomic E-state index is 10.9. The zero-order valence-electron chi connectivity index (χ0n) is 44.5. The molecule has 4 aliphatic rings. The fourth-order valence-electron chi connectivity index (χ4n) is 10.3. The molecule has 20 nitrogen and oxygen atoms in total. The first-order valence-electron chi connectivity index (χ1n) is 27.3. The maximum Gasteiger partial charge on any atom is 0.186 e. The summed E-state index contributed by atoms with van der Waals surface area (Å²) in [6, 6.07) is 0. The summed E-state index contributed by atoms with van der Waals surface area (Å²) in [5, 5.41) is 103. The van der Waals surface area contributed by atoms with Crippen molar-refractivity contribution in [2.45, 2.75) is 253 Å². The van der Waals surface area contributed by atoms with Crippen LogP contribution in [0.2, 0.25) is 0 Å². The van der Waals surface area contributed by atoms with Crippen LogP contribution in [0.1, 0.15) is 142 Å². The smallest absolute Gasteiger partial charge is 0.186 e. The number of unbranched alkanes of at least 4 members (excludes halogenated alkanes) is 16. The number of hydrogen-bond acceptors (Lipinski definition) is 20. The lowest BCUT2D eigenvalue weighted by molar-refractivity contribution is -0.310. The third-order valence-electron chi connectivity index (χ3n) is 14.9. The van der Waals surface area contributed by atoms with Crippen LogP contribution in [0.3, 0.4) is 0 Å². The Hall–Kier alpha value is -0.800. The third kappa shape index (κ3) is 20.9. The van der Waals surface area contributed by atoms with Gasteiger partial charge in [-0.15, -0.1) is 0 Å². The second kappa shape index (κ2) is 37.1. The Labute approximate surface area is 429 Å². The first kappa shape index (κ1) is 65.5. The molecule has 72 heavy (non-hydrogen) atoms. The van der Waals surface area contributed by atoms with Gasteiger partial charge in [0.25, 0.3) is 0 Å². The Kier molecular flexibility index (Phi) is 33.7. The van der Waals surface area contributed by atoms with Gasteiger partial charge in [-0.3, -0.25) is 0 Å². The summed E-state index contributed by atoms with van der Waals surface area (Å²) in [6.07, 6.45) is 2.99. The predicted molar refractivity (Wildman–Crippen MR) is 265 cm³/mol. The normalized spacial score (nSPS) is 37.3. The van der Waals surface area contributed by atoms with Gasteiger partial charge in [0.15, 0.2) is 12.6 Å². The highest BCUT2D eigenvalue weighted by molar-refractivity contribution is 4.97. The van der Waals surface area contributed by atoms with Crippen molar-refractivity contribution in [1.82, 2.24) is 0 Å². The van der Waals surface area contributed by atoms with Gasteiger partial charge in [-0.25, -0.2) is 0 Å². The Morgan fingerprint density at radius 2 is 0.792 bits per heavy atom. The van der Waals surface area contributed by atoms with E-state index in [-0.39, 0.29) is 38.3 Å². The third-order valence-corrected chi connectivity index (χ3v) is 14.9. The SMILES string of the molecule is CCCCCCCCCCCOC1OC(COC2CC(CO)C(O)C(O)C2O)C(O)C(O)C1O.CCCCCCCCCCCOC1OC(COC2CC(COC)C(OC)C(OC)C2O)C(O)C(OC)C1O. The van der Waals surface area contributed by atoms with Crippen LogP contribution in [0.15, 0.2) is 0 Å². The summed E-state index contributed by atoms with van der Waals surface area (Å²) in [4.78, 5) is 0. The van der Waals surface area contributed by atoms with E-state index in [1.807, 2.05) is 0 Å². The van der Waals surface area contributed by atoms with Gasteiger partial charge in [0.05, 0.1) is 44.2 Å². The van der Waals surface area contributed by atoms with Crippen LogP contribution < -0.4 is 0 Å². The van der Waals surface area contributed by atoms with E-state index in [0.29, 0.717) is 26.2 Å². The Morgan fingerprint density at radius 3 is 1.25 bits per heavy atom. The minimum atomic E-state index is -1.50. The van der Waals surface area contributed by atoms with Crippen molar-refractivity contribution in [3.05, 3.63) is 0 Å². The van der Waals surface area contributed by atoms with Crippen molar-refractivity contribution in [1.29, 1.82) is 0 Å². The largest absolute Gasteiger partial charge is 0.396 e. The lowest BCUT2D eigenvalue weighted by Crippen LogP contribution is -2.61. The summed E-state index contributed by atoms with van der Waals surface area (Å²) >= 11 is 0. The number of ether oxygens (including phenoxy) is 10. The van der Waals surface area contributed by atoms with E-state index in [2.05, 4.69) is 13.8 Å². The summed E-state index contributed by atoms with van der Waals surface area (Å²) in [6.45, 7) is 5.02. The quantitative estimate of drug-likeness (QED) is 0.0414. The molecule has 0 spiro atoms. The predicted octanol–water partition coefficient (Wildman–Crippen LogP) is 2.26. The van der Waals surface area contributed by atoms with Gasteiger partial charge in [0.2, 0.25) is 0 Å². The molecule has 0 aromatic heterocycles. The van der Waals surface area contributed by atoms with Gasteiger partial charge < -0.3 is 98.4 Å². The highest BCUT2D eigenvalue weighted by Crippen LogP contribution is 2.34. The Balaban J connectivity index is 0.000000383. The molecule has 10 N–H and O–H groups in total. The number of rotatable bonds is 34. The van der Waals surface area contributed by atoms with Gasteiger partial charge in [-0.05, 0) is 25.7 Å². The Morgan fingerprint density at radius 1 is 0.375 bits per heavy atom. The van der Waals surface area contributed by atoms with Crippen LogP contribution in [0.5, 0.6) is 0 Å². The molecule has 428 valence electrons. The number of aliphatic hydroxyl groups is 10. The van der Waals surface area contributed by atoms with Crippen LogP contribution in [0.25, 0.3) is 0 Å². The summed E-state index contributed by atoms with van der Waals surface area (Å²) < 4.78 is 56.6. The monoisotopic (exact) mass is 1040 g/mol. The van der Waals surface area contributed by atoms with Gasteiger partial charge in [-0.2, -0.15) is 0 Å². The van der Waals surface area contributed by atoms with Gasteiger partial charge in [0.1, 0.15) is 73.2 Å². The molecule has 2 aliphatic carbocycles. The van der Waals surface area contributed by atoms with E-state index < -0.39 is 110 Å². The zero-order valence-corrected chi connectivity index (χ0v) is 44.5. The van der Waals surface area contributed by atoms with Crippen molar-refractivity contribution in [3.63, 3.8) is 0 Å². The lowest BCUT2D eigenvalue weighted by Gasteiger charge is -2.45. The van der Waals surface area contributed by atoms with E-state index in [9.17, 15) is 51.1 Å². The molecule has 2 heterocycles. The topological polar surface area (TPSA) is 295 Å². The van der Waals surface area contributed by atoms with E-state index in [4.69, 9.17) is 47.4 Å². The van der Waals surface area contributed by atoms with Crippen LogP contribution in [0, 0.1) is 11.8 Å². The van der Waals surface area contributed by atoms with Crippen molar-refractivity contribution >= 4 is 0 Å². The highest BCUT2D eigenvalue weighted by atomic mass is 16.7. The summed E-state index contributed by atoms with van der Waals surface area (Å²) in [5.74, 6) is -0.707. The second-order valence-electron chi connectivity index (χ2n) is 20.4. The van der Waals surface area contributed by atoms with Crippen molar-refractivity contribution in [2.24, 2.45) is 11.8 Å². The number of aliphatic hydroxyl groups excluding tert-OH is 10. The van der Waals surface area contributed by atoms with Gasteiger partial charge in [-0.1, -0.05) is 117 Å². The maximum atomic E-state index is 10.9. The van der Waals surface area contributed by atoms with Gasteiger partial charge in [0, 0.05) is 60.1 Å². The van der Waals surface area contributed by atoms with E-state index >= 15 is 0 Å². The second-order valence-corrected chi connectivity index (χ2v) is 20.4. The average Bonchev–Trinajstić information content (AvgIpc) is 3.38. The van der Waals surface area contributed by atoms with Crippen molar-refractivity contribution < 1.29 is 98.4 Å². The standard InChI is InChI=1S/C28H54O10.C24H46O10/c1-6-7-8-9-10-11-12-13-14-15-36-28-24(31)26(34-4)23(30)21(38-28)18-37-20-16-19(17-32-2)25(33-3)27(35-5)22(20)29;1-2-3-4-5-6-7-8-9-10-11-32-24-23(31)22(30)20(28)17(34-24)14-33-16-12-15(13-25)18(26)21(29)19(16)27/h19-31H,6-18H2,1-5H3;15-31H,2-14H2,1H3. The lowest BCUT2D eigenvalue weighted by atomic mass is 9.80. The zero-order chi connectivity index (χ0) is 53.0. The van der Waals surface area contributed by atoms with Crippen molar-refractivity contribution in [2.75, 3.05) is 68.1 Å². The molecule has 20 atom stereocenters. The molecule has 4 fully saturated rings. The van der Waals surface area contributed by atoms with Crippen LogP contribution in [0.4, 0.5) is 0 Å². The molecule has 2 saturated carbocycles. The molecule has 2 aliphatic heterocycles. The molecule has 0 aromatic carbocycles. The molecule has 20 heteroatoms. The van der Waals surface area contributed by atoms with Crippen LogP contribution >= 0.6 is 0 Å². The molecule has 4 rings (SSSR count).